The van der Waals surface area contributed by atoms with Crippen LogP contribution in [0.4, 0.5) is 19.3 Å². The molecule has 0 saturated heterocycles. The van der Waals surface area contributed by atoms with Crippen molar-refractivity contribution in [3.05, 3.63) is 28.2 Å². The Kier molecular flexibility index (Phi) is 4.69. The van der Waals surface area contributed by atoms with Gasteiger partial charge >= 0.3 is 12.0 Å². The predicted octanol–water partition coefficient (Wildman–Crippen LogP) is 3.05. The van der Waals surface area contributed by atoms with Crippen molar-refractivity contribution in [3.63, 3.8) is 0 Å². The lowest BCUT2D eigenvalue weighted by atomic mass is 10.1. The van der Waals surface area contributed by atoms with E-state index in [1.165, 1.54) is 20.9 Å². The Labute approximate surface area is 122 Å². The van der Waals surface area contributed by atoms with E-state index in [4.69, 9.17) is 5.11 Å². The number of hydrogen-bond donors (Lipinski definition) is 2. The average Bonchev–Trinajstić information content (AvgIpc) is 2.34. The minimum absolute atomic E-state index is 0.0766. The Balaban J connectivity index is 2.97. The molecule has 0 aromatic heterocycles. The monoisotopic (exact) mass is 350 g/mol. The summed E-state index contributed by atoms with van der Waals surface area (Å²) in [5.74, 6) is -2.81. The fraction of sp³-hybridized carbons (Fsp3) is 0.333. The lowest BCUT2D eigenvalue weighted by Gasteiger charge is -2.31. The van der Waals surface area contributed by atoms with Crippen molar-refractivity contribution in [3.8, 4) is 0 Å². The van der Waals surface area contributed by atoms with E-state index < -0.39 is 29.2 Å². The molecule has 0 heterocycles. The maximum absolute atomic E-state index is 13.6. The van der Waals surface area contributed by atoms with Crippen LogP contribution >= 0.6 is 15.9 Å². The first-order valence-corrected chi connectivity index (χ1v) is 6.29. The van der Waals surface area contributed by atoms with Crippen molar-refractivity contribution in [1.82, 2.24) is 4.90 Å². The Hall–Kier alpha value is -1.70. The number of carbonyl (C=O) groups excluding carboxylic acids is 1. The molecule has 0 aliphatic rings. The first kappa shape index (κ1) is 16.4. The summed E-state index contributed by atoms with van der Waals surface area (Å²) < 4.78 is 26.8. The molecule has 1 aromatic carbocycles. The normalized spacial score (nSPS) is 11.1. The summed E-state index contributed by atoms with van der Waals surface area (Å²) in [6.45, 7) is 2.63. The number of nitrogens with one attached hydrogen (secondary N) is 1. The standard InChI is InChI=1S/C12H13BrF2N2O3/c1-12(2,10(18)19)17(3)11(20)16-9-5-7(14)6(13)4-8(9)15/h4-5H,1-3H3,(H,16,20)(H,18,19). The van der Waals surface area contributed by atoms with Crippen LogP contribution in [0, 0.1) is 11.6 Å². The van der Waals surface area contributed by atoms with Gasteiger partial charge in [-0.25, -0.2) is 18.4 Å². The second-order valence-electron chi connectivity index (χ2n) is 4.60. The highest BCUT2D eigenvalue weighted by Crippen LogP contribution is 2.24. The summed E-state index contributed by atoms with van der Waals surface area (Å²) in [7, 11) is 1.25. The highest BCUT2D eigenvalue weighted by molar-refractivity contribution is 9.10. The summed E-state index contributed by atoms with van der Waals surface area (Å²) >= 11 is 2.81. The summed E-state index contributed by atoms with van der Waals surface area (Å²) in [6.07, 6.45) is 0. The molecule has 5 nitrogen and oxygen atoms in total. The largest absolute Gasteiger partial charge is 0.480 e. The number of halogens is 3. The summed E-state index contributed by atoms with van der Waals surface area (Å²) in [4.78, 5) is 23.8. The van der Waals surface area contributed by atoms with E-state index in [-0.39, 0.29) is 10.2 Å². The van der Waals surface area contributed by atoms with E-state index in [1.807, 2.05) is 0 Å². The van der Waals surface area contributed by atoms with Gasteiger partial charge in [0.25, 0.3) is 0 Å². The molecule has 0 saturated carbocycles. The van der Waals surface area contributed by atoms with Crippen LogP contribution in [0.1, 0.15) is 13.8 Å². The smallest absolute Gasteiger partial charge is 0.329 e. The van der Waals surface area contributed by atoms with Gasteiger partial charge in [-0.3, -0.25) is 0 Å². The molecule has 0 radical (unpaired) electrons. The van der Waals surface area contributed by atoms with Crippen molar-refractivity contribution >= 4 is 33.6 Å². The number of amides is 2. The van der Waals surface area contributed by atoms with Crippen LogP contribution in [-0.4, -0.2) is 34.6 Å². The molecule has 0 bridgehead atoms. The van der Waals surface area contributed by atoms with Gasteiger partial charge in [0.1, 0.15) is 17.2 Å². The number of benzene rings is 1. The molecule has 20 heavy (non-hydrogen) atoms. The molecule has 0 unspecified atom stereocenters. The van der Waals surface area contributed by atoms with Crippen molar-refractivity contribution in [1.29, 1.82) is 0 Å². The van der Waals surface area contributed by atoms with Gasteiger partial charge in [-0.05, 0) is 35.8 Å². The van der Waals surface area contributed by atoms with Gasteiger partial charge in [0.2, 0.25) is 0 Å². The third-order valence-electron chi connectivity index (χ3n) is 2.92. The molecule has 2 amide bonds. The molecule has 0 atom stereocenters. The molecular formula is C12H13BrF2N2O3. The number of carboxylic acid groups (broad SMARTS) is 1. The Morgan fingerprint density at radius 3 is 2.35 bits per heavy atom. The van der Waals surface area contributed by atoms with Gasteiger partial charge < -0.3 is 15.3 Å². The highest BCUT2D eigenvalue weighted by atomic mass is 79.9. The van der Waals surface area contributed by atoms with Crippen molar-refractivity contribution in [2.45, 2.75) is 19.4 Å². The topological polar surface area (TPSA) is 69.6 Å². The fourth-order valence-corrected chi connectivity index (χ4v) is 1.53. The molecule has 0 aliphatic heterocycles. The van der Waals surface area contributed by atoms with Crippen molar-refractivity contribution < 1.29 is 23.5 Å². The maximum Gasteiger partial charge on any atom is 0.329 e. The number of rotatable bonds is 3. The van der Waals surface area contributed by atoms with Gasteiger partial charge in [0.05, 0.1) is 10.2 Å². The van der Waals surface area contributed by atoms with E-state index in [0.29, 0.717) is 0 Å². The SMILES string of the molecule is CN(C(=O)Nc1cc(F)c(Br)cc1F)C(C)(C)C(=O)O. The molecule has 0 spiro atoms. The maximum atomic E-state index is 13.6. The van der Waals surface area contributed by atoms with E-state index in [1.54, 1.807) is 0 Å². The molecule has 1 aromatic rings. The number of aliphatic carboxylic acids is 1. The van der Waals surface area contributed by atoms with Crippen LogP contribution in [0.15, 0.2) is 16.6 Å². The van der Waals surface area contributed by atoms with E-state index in [2.05, 4.69) is 21.2 Å². The minimum atomic E-state index is -1.49. The Morgan fingerprint density at radius 2 is 1.85 bits per heavy atom. The van der Waals surface area contributed by atoms with Crippen LogP contribution in [-0.2, 0) is 4.79 Å². The summed E-state index contributed by atoms with van der Waals surface area (Å²) in [5.41, 5.74) is -1.86. The number of anilines is 1. The second kappa shape index (κ2) is 5.74. The van der Waals surface area contributed by atoms with Crippen molar-refractivity contribution in [2.24, 2.45) is 0 Å². The average molecular weight is 351 g/mol. The van der Waals surface area contributed by atoms with Crippen LogP contribution < -0.4 is 5.32 Å². The number of carbonyl (C=O) groups is 2. The Morgan fingerprint density at radius 1 is 1.30 bits per heavy atom. The van der Waals surface area contributed by atoms with Gasteiger partial charge in [-0.2, -0.15) is 0 Å². The van der Waals surface area contributed by atoms with Crippen LogP contribution in [0.5, 0.6) is 0 Å². The first-order chi connectivity index (χ1) is 9.07. The third-order valence-corrected chi connectivity index (χ3v) is 3.53. The number of nitrogens with zero attached hydrogens (tertiary/aromatic N) is 1. The summed E-state index contributed by atoms with van der Waals surface area (Å²) in [6, 6.07) is 0.810. The van der Waals surface area contributed by atoms with E-state index >= 15 is 0 Å². The zero-order chi connectivity index (χ0) is 15.7. The lowest BCUT2D eigenvalue weighted by Crippen LogP contribution is -2.52. The van der Waals surface area contributed by atoms with Crippen LogP contribution in [0.2, 0.25) is 0 Å². The number of carboxylic acids is 1. The van der Waals surface area contributed by atoms with Crippen LogP contribution in [0.25, 0.3) is 0 Å². The zero-order valence-electron chi connectivity index (χ0n) is 11.0. The molecule has 110 valence electrons. The number of likely N-dealkylation sites (N-methyl/N-ethyl adjacent to an activating group) is 1. The van der Waals surface area contributed by atoms with Gasteiger partial charge in [0.15, 0.2) is 0 Å². The third kappa shape index (κ3) is 3.24. The quantitative estimate of drug-likeness (QED) is 0.823. The van der Waals surface area contributed by atoms with E-state index in [0.717, 1.165) is 17.0 Å². The number of urea groups is 1. The molecular weight excluding hydrogens is 338 g/mol. The first-order valence-electron chi connectivity index (χ1n) is 5.50. The second-order valence-corrected chi connectivity index (χ2v) is 5.45. The molecule has 2 N–H and O–H groups in total. The fourth-order valence-electron chi connectivity index (χ4n) is 1.21. The molecule has 1 rings (SSSR count). The van der Waals surface area contributed by atoms with E-state index in [9.17, 15) is 18.4 Å². The molecule has 0 aliphatic carbocycles. The number of hydrogen-bond acceptors (Lipinski definition) is 2. The Bertz CT molecular complexity index is 564. The molecule has 0 fully saturated rings. The lowest BCUT2D eigenvalue weighted by molar-refractivity contribution is -0.146. The van der Waals surface area contributed by atoms with Crippen molar-refractivity contribution in [2.75, 3.05) is 12.4 Å². The van der Waals surface area contributed by atoms with Gasteiger partial charge in [-0.1, -0.05) is 0 Å². The highest BCUT2D eigenvalue weighted by Gasteiger charge is 2.35. The van der Waals surface area contributed by atoms with Gasteiger partial charge in [0, 0.05) is 13.1 Å². The van der Waals surface area contributed by atoms with Gasteiger partial charge in [-0.15, -0.1) is 0 Å². The zero-order valence-corrected chi connectivity index (χ0v) is 12.6. The predicted molar refractivity (Wildman–Crippen MR) is 72.6 cm³/mol. The van der Waals surface area contributed by atoms with Crippen LogP contribution in [0.3, 0.4) is 0 Å². The molecule has 8 heteroatoms. The minimum Gasteiger partial charge on any atom is -0.480 e. The summed E-state index contributed by atoms with van der Waals surface area (Å²) in [5, 5.41) is 11.1.